The summed E-state index contributed by atoms with van der Waals surface area (Å²) in [6, 6.07) is 7.60. The quantitative estimate of drug-likeness (QED) is 0.856. The zero-order valence-electron chi connectivity index (χ0n) is 11.0. The Hall–Kier alpha value is -2.34. The van der Waals surface area contributed by atoms with E-state index < -0.39 is 0 Å². The van der Waals surface area contributed by atoms with Crippen LogP contribution in [0, 0.1) is 0 Å². The molecule has 0 spiro atoms. The lowest BCUT2D eigenvalue weighted by Crippen LogP contribution is -2.36. The molecule has 1 aromatic carbocycles. The number of hydrogen-bond acceptors (Lipinski definition) is 6. The van der Waals surface area contributed by atoms with Gasteiger partial charge in [-0.15, -0.1) is 0 Å². The molecule has 104 valence electrons. The first-order chi connectivity index (χ1) is 9.81. The molecule has 6 heteroatoms. The van der Waals surface area contributed by atoms with Crippen molar-refractivity contribution in [3.05, 3.63) is 35.7 Å². The fourth-order valence-corrected chi connectivity index (χ4v) is 2.02. The van der Waals surface area contributed by atoms with Crippen molar-refractivity contribution >= 4 is 23.8 Å². The minimum atomic E-state index is 0.480. The van der Waals surface area contributed by atoms with Crippen LogP contribution in [0.4, 0.5) is 11.6 Å². The number of benzene rings is 1. The van der Waals surface area contributed by atoms with Gasteiger partial charge in [0.2, 0.25) is 0 Å². The standard InChI is InChI=1S/C14H16N4O2/c15-12-3-1-2-11(10-12)4-5-13-16-14(17-20-13)18-6-8-19-9-7-18/h1-5,10H,6-9,15H2/b5-4+. The summed E-state index contributed by atoms with van der Waals surface area (Å²) in [5.41, 5.74) is 7.45. The van der Waals surface area contributed by atoms with E-state index in [4.69, 9.17) is 15.0 Å². The molecule has 0 amide bonds. The second-order valence-electron chi connectivity index (χ2n) is 4.54. The van der Waals surface area contributed by atoms with Gasteiger partial charge < -0.3 is 19.9 Å². The Morgan fingerprint density at radius 2 is 2.05 bits per heavy atom. The van der Waals surface area contributed by atoms with E-state index in [-0.39, 0.29) is 0 Å². The number of anilines is 2. The van der Waals surface area contributed by atoms with Gasteiger partial charge in [0.05, 0.1) is 13.2 Å². The largest absolute Gasteiger partial charge is 0.399 e. The second-order valence-corrected chi connectivity index (χ2v) is 4.54. The van der Waals surface area contributed by atoms with Gasteiger partial charge >= 0.3 is 0 Å². The molecule has 0 saturated carbocycles. The SMILES string of the molecule is Nc1cccc(/C=C/c2nc(N3CCOCC3)no2)c1. The molecule has 0 aliphatic carbocycles. The van der Waals surface area contributed by atoms with Gasteiger partial charge in [0, 0.05) is 24.9 Å². The van der Waals surface area contributed by atoms with Crippen LogP contribution >= 0.6 is 0 Å². The van der Waals surface area contributed by atoms with Crippen LogP contribution in [0.15, 0.2) is 28.8 Å². The van der Waals surface area contributed by atoms with Gasteiger partial charge in [-0.05, 0) is 28.9 Å². The molecule has 0 radical (unpaired) electrons. The van der Waals surface area contributed by atoms with E-state index in [1.54, 1.807) is 6.08 Å². The van der Waals surface area contributed by atoms with Crippen molar-refractivity contribution in [3.63, 3.8) is 0 Å². The third kappa shape index (κ3) is 2.97. The average molecular weight is 272 g/mol. The lowest BCUT2D eigenvalue weighted by molar-refractivity contribution is 0.121. The summed E-state index contributed by atoms with van der Waals surface area (Å²) in [7, 11) is 0. The molecule has 1 aliphatic rings. The Labute approximate surface area is 116 Å². The van der Waals surface area contributed by atoms with E-state index in [9.17, 15) is 0 Å². The second kappa shape index (κ2) is 5.75. The van der Waals surface area contributed by atoms with Crippen molar-refractivity contribution in [2.45, 2.75) is 0 Å². The predicted molar refractivity (Wildman–Crippen MR) is 77.1 cm³/mol. The average Bonchev–Trinajstić information content (AvgIpc) is 2.95. The highest BCUT2D eigenvalue weighted by Crippen LogP contribution is 2.14. The number of morpholine rings is 1. The van der Waals surface area contributed by atoms with Crippen LogP contribution in [0.25, 0.3) is 12.2 Å². The fourth-order valence-electron chi connectivity index (χ4n) is 2.02. The van der Waals surface area contributed by atoms with E-state index in [0.717, 1.165) is 24.3 Å². The van der Waals surface area contributed by atoms with Crippen LogP contribution in [-0.2, 0) is 4.74 Å². The minimum Gasteiger partial charge on any atom is -0.399 e. The van der Waals surface area contributed by atoms with Crippen molar-refractivity contribution < 1.29 is 9.26 Å². The van der Waals surface area contributed by atoms with Crippen molar-refractivity contribution in [2.24, 2.45) is 0 Å². The topological polar surface area (TPSA) is 77.4 Å². The molecule has 1 fully saturated rings. The summed E-state index contributed by atoms with van der Waals surface area (Å²) in [4.78, 5) is 6.39. The smallest absolute Gasteiger partial charge is 0.266 e. The van der Waals surface area contributed by atoms with Gasteiger partial charge in [0.25, 0.3) is 11.8 Å². The molecule has 3 rings (SSSR count). The Morgan fingerprint density at radius 3 is 2.85 bits per heavy atom. The van der Waals surface area contributed by atoms with Crippen molar-refractivity contribution in [1.82, 2.24) is 10.1 Å². The maximum absolute atomic E-state index is 5.73. The zero-order valence-corrected chi connectivity index (χ0v) is 11.0. The first-order valence-electron chi connectivity index (χ1n) is 6.51. The normalized spacial score (nSPS) is 15.9. The highest BCUT2D eigenvalue weighted by molar-refractivity contribution is 5.68. The summed E-state index contributed by atoms with van der Waals surface area (Å²) >= 11 is 0. The van der Waals surface area contributed by atoms with E-state index in [1.807, 2.05) is 35.2 Å². The maximum Gasteiger partial charge on any atom is 0.266 e. The summed E-state index contributed by atoms with van der Waals surface area (Å²) in [6.07, 6.45) is 3.68. The van der Waals surface area contributed by atoms with Gasteiger partial charge in [-0.2, -0.15) is 4.98 Å². The first-order valence-corrected chi connectivity index (χ1v) is 6.51. The van der Waals surface area contributed by atoms with Crippen LogP contribution in [-0.4, -0.2) is 36.4 Å². The van der Waals surface area contributed by atoms with Gasteiger partial charge in [0.15, 0.2) is 0 Å². The van der Waals surface area contributed by atoms with Gasteiger partial charge in [-0.1, -0.05) is 12.1 Å². The predicted octanol–water partition coefficient (Wildman–Crippen LogP) is 1.66. The molecular formula is C14H16N4O2. The lowest BCUT2D eigenvalue weighted by Gasteiger charge is -2.24. The molecule has 2 heterocycles. The number of hydrogen-bond donors (Lipinski definition) is 1. The maximum atomic E-state index is 5.73. The summed E-state index contributed by atoms with van der Waals surface area (Å²) in [5, 5.41) is 3.98. The molecule has 6 nitrogen and oxygen atoms in total. The van der Waals surface area contributed by atoms with E-state index in [2.05, 4.69) is 10.1 Å². The van der Waals surface area contributed by atoms with Crippen LogP contribution in [0.5, 0.6) is 0 Å². The van der Waals surface area contributed by atoms with E-state index in [0.29, 0.717) is 25.1 Å². The Balaban J connectivity index is 1.70. The number of nitrogens with zero attached hydrogens (tertiary/aromatic N) is 3. The number of nitrogen functional groups attached to an aromatic ring is 1. The third-order valence-electron chi connectivity index (χ3n) is 3.05. The van der Waals surface area contributed by atoms with Gasteiger partial charge in [-0.3, -0.25) is 0 Å². The Kier molecular flexibility index (Phi) is 3.64. The number of ether oxygens (including phenoxy) is 1. The lowest BCUT2D eigenvalue weighted by atomic mass is 10.2. The van der Waals surface area contributed by atoms with Gasteiger partial charge in [0.1, 0.15) is 0 Å². The van der Waals surface area contributed by atoms with Crippen molar-refractivity contribution in [2.75, 3.05) is 36.9 Å². The molecule has 1 saturated heterocycles. The van der Waals surface area contributed by atoms with Gasteiger partial charge in [-0.25, -0.2) is 0 Å². The molecule has 1 aliphatic heterocycles. The third-order valence-corrected chi connectivity index (χ3v) is 3.05. The molecule has 0 unspecified atom stereocenters. The molecule has 2 N–H and O–H groups in total. The molecule has 1 aromatic heterocycles. The first kappa shape index (κ1) is 12.7. The molecule has 0 bridgehead atoms. The Bertz CT molecular complexity index is 603. The summed E-state index contributed by atoms with van der Waals surface area (Å²) < 4.78 is 10.5. The van der Waals surface area contributed by atoms with Crippen LogP contribution < -0.4 is 10.6 Å². The minimum absolute atomic E-state index is 0.480. The van der Waals surface area contributed by atoms with Crippen LogP contribution in [0.1, 0.15) is 11.5 Å². The van der Waals surface area contributed by atoms with E-state index >= 15 is 0 Å². The molecule has 20 heavy (non-hydrogen) atoms. The molecule has 0 atom stereocenters. The van der Waals surface area contributed by atoms with Crippen molar-refractivity contribution in [3.8, 4) is 0 Å². The number of nitrogens with two attached hydrogens (primary N) is 1. The fraction of sp³-hybridized carbons (Fsp3) is 0.286. The molecular weight excluding hydrogens is 256 g/mol. The summed E-state index contributed by atoms with van der Waals surface area (Å²) in [6.45, 7) is 2.97. The summed E-state index contributed by atoms with van der Waals surface area (Å²) in [5.74, 6) is 1.09. The highest BCUT2D eigenvalue weighted by Gasteiger charge is 2.16. The van der Waals surface area contributed by atoms with Crippen molar-refractivity contribution in [1.29, 1.82) is 0 Å². The number of aromatic nitrogens is 2. The molecule has 2 aromatic rings. The Morgan fingerprint density at radius 1 is 1.20 bits per heavy atom. The zero-order chi connectivity index (χ0) is 13.8. The van der Waals surface area contributed by atoms with Crippen LogP contribution in [0.3, 0.4) is 0 Å². The van der Waals surface area contributed by atoms with Crippen LogP contribution in [0.2, 0.25) is 0 Å². The monoisotopic (exact) mass is 272 g/mol. The van der Waals surface area contributed by atoms with E-state index in [1.165, 1.54) is 0 Å². The highest BCUT2D eigenvalue weighted by atomic mass is 16.5. The number of rotatable bonds is 3.